The van der Waals surface area contributed by atoms with Gasteiger partial charge in [-0.05, 0) is 26.0 Å². The molecule has 0 unspecified atom stereocenters. The van der Waals surface area contributed by atoms with Gasteiger partial charge in [0.1, 0.15) is 0 Å². The third-order valence-electron chi connectivity index (χ3n) is 1.72. The van der Waals surface area contributed by atoms with E-state index in [0.29, 0.717) is 6.42 Å². The van der Waals surface area contributed by atoms with Crippen molar-refractivity contribution in [2.24, 2.45) is 0 Å². The summed E-state index contributed by atoms with van der Waals surface area (Å²) in [6, 6.07) is 3.66. The highest BCUT2D eigenvalue weighted by Gasteiger charge is 2.03. The number of carbonyl (C=O) groups is 1. The molecular weight excluding hydrogens is 150 g/mol. The Kier molecular flexibility index (Phi) is 2.58. The monoisotopic (exact) mass is 163 g/mol. The molecule has 1 rings (SSSR count). The number of aryl methyl sites for hydroxylation is 2. The van der Waals surface area contributed by atoms with Crippen LogP contribution in [0.2, 0.25) is 0 Å². The first kappa shape index (κ1) is 8.91. The fourth-order valence-corrected chi connectivity index (χ4v) is 1.20. The van der Waals surface area contributed by atoms with Crippen molar-refractivity contribution in [1.82, 2.24) is 4.98 Å². The van der Waals surface area contributed by atoms with Gasteiger partial charge in [0.05, 0.1) is 0 Å². The fraction of sp³-hybridized carbons (Fsp3) is 0.400. The lowest BCUT2D eigenvalue weighted by molar-refractivity contribution is 0.0988. The average Bonchev–Trinajstić information content (AvgIpc) is 2.01. The molecule has 0 N–H and O–H groups in total. The summed E-state index contributed by atoms with van der Waals surface area (Å²) in [5, 5.41) is 0. The zero-order valence-electron chi connectivity index (χ0n) is 7.72. The van der Waals surface area contributed by atoms with E-state index in [1.54, 1.807) is 0 Å². The molecule has 12 heavy (non-hydrogen) atoms. The number of rotatable bonds is 2. The van der Waals surface area contributed by atoms with Crippen molar-refractivity contribution in [2.45, 2.75) is 27.2 Å². The molecule has 0 spiro atoms. The van der Waals surface area contributed by atoms with Crippen LogP contribution in [0.5, 0.6) is 0 Å². The van der Waals surface area contributed by atoms with Gasteiger partial charge in [-0.25, -0.2) is 0 Å². The van der Waals surface area contributed by atoms with Crippen LogP contribution >= 0.6 is 0 Å². The molecule has 0 saturated heterocycles. The third kappa shape index (κ3) is 1.91. The molecule has 2 heteroatoms. The lowest BCUT2D eigenvalue weighted by Gasteiger charge is -2.00. The van der Waals surface area contributed by atoms with E-state index in [0.717, 1.165) is 17.0 Å². The molecule has 0 aliphatic carbocycles. The standard InChI is InChI=1S/C10H13NO/c1-4-10(12)9-5-7(2)11-8(3)6-9/h5-6H,4H2,1-3H3. The summed E-state index contributed by atoms with van der Waals surface area (Å²) in [6.45, 7) is 5.67. The van der Waals surface area contributed by atoms with Crippen LogP contribution in [0, 0.1) is 13.8 Å². The maximum absolute atomic E-state index is 11.3. The second-order valence-corrected chi connectivity index (χ2v) is 2.92. The summed E-state index contributed by atoms with van der Waals surface area (Å²) >= 11 is 0. The predicted octanol–water partition coefficient (Wildman–Crippen LogP) is 2.29. The zero-order valence-corrected chi connectivity index (χ0v) is 7.72. The summed E-state index contributed by atoms with van der Waals surface area (Å²) in [7, 11) is 0. The first-order valence-corrected chi connectivity index (χ1v) is 4.12. The SMILES string of the molecule is CCC(=O)c1cc(C)nc(C)c1. The fourth-order valence-electron chi connectivity index (χ4n) is 1.20. The molecule has 1 aromatic heterocycles. The second kappa shape index (κ2) is 3.48. The van der Waals surface area contributed by atoms with Crippen molar-refractivity contribution in [3.63, 3.8) is 0 Å². The Balaban J connectivity index is 3.08. The minimum absolute atomic E-state index is 0.184. The van der Waals surface area contributed by atoms with Crippen LogP contribution in [0.3, 0.4) is 0 Å². The molecule has 1 heterocycles. The summed E-state index contributed by atoms with van der Waals surface area (Å²) in [5.74, 6) is 0.184. The Bertz CT molecular complexity index is 284. The van der Waals surface area contributed by atoms with Crippen molar-refractivity contribution >= 4 is 5.78 Å². The quantitative estimate of drug-likeness (QED) is 0.626. The molecule has 0 amide bonds. The maximum Gasteiger partial charge on any atom is 0.162 e. The minimum Gasteiger partial charge on any atom is -0.294 e. The number of aromatic nitrogens is 1. The minimum atomic E-state index is 0.184. The Hall–Kier alpha value is -1.18. The average molecular weight is 163 g/mol. The summed E-state index contributed by atoms with van der Waals surface area (Å²) in [5.41, 5.74) is 2.60. The van der Waals surface area contributed by atoms with Gasteiger partial charge in [0.15, 0.2) is 5.78 Å². The Morgan fingerprint density at radius 2 is 1.83 bits per heavy atom. The topological polar surface area (TPSA) is 30.0 Å². The number of hydrogen-bond acceptors (Lipinski definition) is 2. The molecule has 2 nitrogen and oxygen atoms in total. The second-order valence-electron chi connectivity index (χ2n) is 2.92. The molecule has 0 aliphatic rings. The largest absolute Gasteiger partial charge is 0.294 e. The van der Waals surface area contributed by atoms with E-state index >= 15 is 0 Å². The molecule has 0 bridgehead atoms. The molecule has 0 fully saturated rings. The van der Waals surface area contributed by atoms with E-state index in [2.05, 4.69) is 4.98 Å². The molecule has 1 aromatic rings. The Morgan fingerprint density at radius 1 is 1.33 bits per heavy atom. The van der Waals surface area contributed by atoms with Gasteiger partial charge in [0.2, 0.25) is 0 Å². The van der Waals surface area contributed by atoms with E-state index < -0.39 is 0 Å². The highest BCUT2D eigenvalue weighted by atomic mass is 16.1. The highest BCUT2D eigenvalue weighted by molar-refractivity contribution is 5.95. The number of pyridine rings is 1. The van der Waals surface area contributed by atoms with Gasteiger partial charge < -0.3 is 0 Å². The van der Waals surface area contributed by atoms with Crippen LogP contribution in [0.1, 0.15) is 35.1 Å². The predicted molar refractivity (Wildman–Crippen MR) is 48.3 cm³/mol. The number of Topliss-reactive ketones (excluding diaryl/α,β-unsaturated/α-hetero) is 1. The first-order chi connectivity index (χ1) is 5.63. The van der Waals surface area contributed by atoms with Crippen LogP contribution in [0.25, 0.3) is 0 Å². The van der Waals surface area contributed by atoms with E-state index in [-0.39, 0.29) is 5.78 Å². The van der Waals surface area contributed by atoms with Crippen molar-refractivity contribution in [2.75, 3.05) is 0 Å². The van der Waals surface area contributed by atoms with E-state index in [1.807, 2.05) is 32.9 Å². The number of ketones is 1. The summed E-state index contributed by atoms with van der Waals surface area (Å²) in [4.78, 5) is 15.5. The lowest BCUT2D eigenvalue weighted by atomic mass is 10.1. The Morgan fingerprint density at radius 3 is 2.25 bits per heavy atom. The molecule has 64 valence electrons. The van der Waals surface area contributed by atoms with E-state index in [4.69, 9.17) is 0 Å². The van der Waals surface area contributed by atoms with Gasteiger partial charge in [-0.15, -0.1) is 0 Å². The van der Waals surface area contributed by atoms with Gasteiger partial charge in [0, 0.05) is 23.4 Å². The Labute approximate surface area is 72.6 Å². The van der Waals surface area contributed by atoms with Gasteiger partial charge in [-0.2, -0.15) is 0 Å². The zero-order chi connectivity index (χ0) is 9.14. The molecule has 0 saturated carbocycles. The highest BCUT2D eigenvalue weighted by Crippen LogP contribution is 2.07. The summed E-state index contributed by atoms with van der Waals surface area (Å²) in [6.07, 6.45) is 0.558. The van der Waals surface area contributed by atoms with Gasteiger partial charge >= 0.3 is 0 Å². The smallest absolute Gasteiger partial charge is 0.162 e. The number of carbonyl (C=O) groups excluding carboxylic acids is 1. The van der Waals surface area contributed by atoms with Crippen LogP contribution in [0.15, 0.2) is 12.1 Å². The molecule has 0 radical (unpaired) electrons. The summed E-state index contributed by atoms with van der Waals surface area (Å²) < 4.78 is 0. The maximum atomic E-state index is 11.3. The number of hydrogen-bond donors (Lipinski definition) is 0. The van der Waals surface area contributed by atoms with Crippen molar-refractivity contribution < 1.29 is 4.79 Å². The van der Waals surface area contributed by atoms with Gasteiger partial charge in [-0.3, -0.25) is 9.78 Å². The molecule has 0 aromatic carbocycles. The van der Waals surface area contributed by atoms with E-state index in [9.17, 15) is 4.79 Å². The van der Waals surface area contributed by atoms with Gasteiger partial charge in [-0.1, -0.05) is 6.92 Å². The lowest BCUT2D eigenvalue weighted by Crippen LogP contribution is -1.99. The molecule has 0 atom stereocenters. The molecule has 0 aliphatic heterocycles. The number of nitrogens with zero attached hydrogens (tertiary/aromatic N) is 1. The van der Waals surface area contributed by atoms with Crippen LogP contribution < -0.4 is 0 Å². The van der Waals surface area contributed by atoms with Crippen molar-refractivity contribution in [1.29, 1.82) is 0 Å². The first-order valence-electron chi connectivity index (χ1n) is 4.12. The van der Waals surface area contributed by atoms with Crippen LogP contribution in [-0.4, -0.2) is 10.8 Å². The van der Waals surface area contributed by atoms with E-state index in [1.165, 1.54) is 0 Å². The van der Waals surface area contributed by atoms with Gasteiger partial charge in [0.25, 0.3) is 0 Å². The van der Waals surface area contributed by atoms with Crippen LogP contribution in [-0.2, 0) is 0 Å². The normalized spacial score (nSPS) is 9.92. The third-order valence-corrected chi connectivity index (χ3v) is 1.72. The van der Waals surface area contributed by atoms with Crippen LogP contribution in [0.4, 0.5) is 0 Å². The molecular formula is C10H13NO. The van der Waals surface area contributed by atoms with Crippen molar-refractivity contribution in [3.8, 4) is 0 Å². The van der Waals surface area contributed by atoms with Crippen molar-refractivity contribution in [3.05, 3.63) is 29.1 Å².